The van der Waals surface area contributed by atoms with Crippen LogP contribution < -0.4 is 10.2 Å². The zero-order chi connectivity index (χ0) is 19.1. The van der Waals surface area contributed by atoms with Gasteiger partial charge in [0, 0.05) is 30.8 Å². The molecule has 142 valence electrons. The van der Waals surface area contributed by atoms with Gasteiger partial charge in [0.2, 0.25) is 5.91 Å². The number of ether oxygens (including phenoxy) is 1. The van der Waals surface area contributed by atoms with Crippen LogP contribution in [0.2, 0.25) is 0 Å². The Hall–Kier alpha value is -2.66. The number of ketones is 1. The number of rotatable bonds is 7. The monoisotopic (exact) mass is 366 g/mol. The van der Waals surface area contributed by atoms with Gasteiger partial charge in [0.15, 0.2) is 5.78 Å². The van der Waals surface area contributed by atoms with Gasteiger partial charge in [0.1, 0.15) is 0 Å². The third-order valence-electron chi connectivity index (χ3n) is 4.73. The standard InChI is InChI=1S/C22H26N2O3/c1-17-3-2-4-18(15-17)5-10-22(26)23-16-21(25)19-6-8-20(9-7-19)24-11-13-27-14-12-24/h2-4,6-9,15H,5,10-14,16H2,1H3,(H,23,26). The Labute approximate surface area is 160 Å². The summed E-state index contributed by atoms with van der Waals surface area (Å²) >= 11 is 0. The summed E-state index contributed by atoms with van der Waals surface area (Å²) in [6.07, 6.45) is 1.06. The molecule has 3 rings (SSSR count). The predicted molar refractivity (Wildman–Crippen MR) is 106 cm³/mol. The summed E-state index contributed by atoms with van der Waals surface area (Å²) in [5.41, 5.74) is 4.03. The molecule has 1 amide bonds. The summed E-state index contributed by atoms with van der Waals surface area (Å²) in [6, 6.07) is 15.7. The van der Waals surface area contributed by atoms with Gasteiger partial charge in [-0.3, -0.25) is 9.59 Å². The molecule has 0 radical (unpaired) electrons. The molecule has 1 fully saturated rings. The summed E-state index contributed by atoms with van der Waals surface area (Å²) in [4.78, 5) is 26.6. The summed E-state index contributed by atoms with van der Waals surface area (Å²) in [5, 5.41) is 2.73. The number of nitrogens with zero attached hydrogens (tertiary/aromatic N) is 1. The Bertz CT molecular complexity index is 780. The minimum Gasteiger partial charge on any atom is -0.378 e. The topological polar surface area (TPSA) is 58.6 Å². The Balaban J connectivity index is 1.45. The Morgan fingerprint density at radius 3 is 2.52 bits per heavy atom. The Kier molecular flexibility index (Phi) is 6.60. The van der Waals surface area contributed by atoms with Gasteiger partial charge in [-0.15, -0.1) is 0 Å². The average Bonchev–Trinajstić information content (AvgIpc) is 2.71. The summed E-state index contributed by atoms with van der Waals surface area (Å²) < 4.78 is 5.36. The fraction of sp³-hybridized carbons (Fsp3) is 0.364. The van der Waals surface area contributed by atoms with Gasteiger partial charge in [-0.1, -0.05) is 29.8 Å². The number of hydrogen-bond acceptors (Lipinski definition) is 4. The molecule has 0 bridgehead atoms. The highest BCUT2D eigenvalue weighted by Crippen LogP contribution is 2.16. The van der Waals surface area contributed by atoms with Crippen LogP contribution in [0.3, 0.4) is 0 Å². The lowest BCUT2D eigenvalue weighted by Crippen LogP contribution is -2.36. The zero-order valence-corrected chi connectivity index (χ0v) is 15.7. The molecule has 5 heteroatoms. The molecule has 2 aromatic carbocycles. The number of amides is 1. The van der Waals surface area contributed by atoms with Crippen molar-refractivity contribution in [2.75, 3.05) is 37.7 Å². The summed E-state index contributed by atoms with van der Waals surface area (Å²) in [5.74, 6) is -0.178. The molecule has 0 aliphatic carbocycles. The molecule has 1 saturated heterocycles. The summed E-state index contributed by atoms with van der Waals surface area (Å²) in [6.45, 7) is 5.26. The van der Waals surface area contributed by atoms with Crippen molar-refractivity contribution in [2.24, 2.45) is 0 Å². The van der Waals surface area contributed by atoms with E-state index in [1.54, 1.807) is 0 Å². The molecule has 1 aliphatic heterocycles. The normalized spacial score (nSPS) is 14.0. The number of benzene rings is 2. The molecule has 1 heterocycles. The van der Waals surface area contributed by atoms with Crippen LogP contribution in [-0.4, -0.2) is 44.5 Å². The van der Waals surface area contributed by atoms with Crippen LogP contribution >= 0.6 is 0 Å². The van der Waals surface area contributed by atoms with Gasteiger partial charge in [0.05, 0.1) is 19.8 Å². The van der Waals surface area contributed by atoms with E-state index in [1.807, 2.05) is 49.4 Å². The van der Waals surface area contributed by atoms with Crippen molar-refractivity contribution in [3.63, 3.8) is 0 Å². The molecule has 1 N–H and O–H groups in total. The van der Waals surface area contributed by atoms with Crippen molar-refractivity contribution in [1.82, 2.24) is 5.32 Å². The maximum atomic E-state index is 12.3. The quantitative estimate of drug-likeness (QED) is 0.766. The van der Waals surface area contributed by atoms with Crippen molar-refractivity contribution in [1.29, 1.82) is 0 Å². The van der Waals surface area contributed by atoms with E-state index in [9.17, 15) is 9.59 Å². The van der Waals surface area contributed by atoms with E-state index in [0.29, 0.717) is 18.4 Å². The highest BCUT2D eigenvalue weighted by Gasteiger charge is 2.13. The second kappa shape index (κ2) is 9.33. The summed E-state index contributed by atoms with van der Waals surface area (Å²) in [7, 11) is 0. The SMILES string of the molecule is Cc1cccc(CCC(=O)NCC(=O)c2ccc(N3CCOCC3)cc2)c1. The fourth-order valence-corrected chi connectivity index (χ4v) is 3.17. The lowest BCUT2D eigenvalue weighted by Gasteiger charge is -2.28. The van der Waals surface area contributed by atoms with E-state index in [2.05, 4.69) is 16.3 Å². The van der Waals surface area contributed by atoms with Crippen LogP contribution in [0, 0.1) is 6.92 Å². The number of nitrogens with one attached hydrogen (secondary N) is 1. The molecule has 0 atom stereocenters. The number of carbonyl (C=O) groups excluding carboxylic acids is 2. The van der Waals surface area contributed by atoms with Crippen LogP contribution in [0.1, 0.15) is 27.9 Å². The van der Waals surface area contributed by atoms with E-state index in [-0.39, 0.29) is 18.2 Å². The van der Waals surface area contributed by atoms with E-state index in [0.717, 1.165) is 37.6 Å². The molecule has 5 nitrogen and oxygen atoms in total. The number of carbonyl (C=O) groups is 2. The Morgan fingerprint density at radius 2 is 1.81 bits per heavy atom. The van der Waals surface area contributed by atoms with Gasteiger partial charge in [-0.05, 0) is 43.2 Å². The van der Waals surface area contributed by atoms with Gasteiger partial charge >= 0.3 is 0 Å². The van der Waals surface area contributed by atoms with Crippen LogP contribution in [-0.2, 0) is 16.0 Å². The second-order valence-electron chi connectivity index (χ2n) is 6.84. The van der Waals surface area contributed by atoms with E-state index >= 15 is 0 Å². The molecule has 27 heavy (non-hydrogen) atoms. The number of morpholine rings is 1. The first-order chi connectivity index (χ1) is 13.1. The first kappa shape index (κ1) is 19.1. The molecular weight excluding hydrogens is 340 g/mol. The lowest BCUT2D eigenvalue weighted by atomic mass is 10.1. The van der Waals surface area contributed by atoms with Crippen molar-refractivity contribution in [3.8, 4) is 0 Å². The fourth-order valence-electron chi connectivity index (χ4n) is 3.17. The largest absolute Gasteiger partial charge is 0.378 e. The molecule has 2 aromatic rings. The third kappa shape index (κ3) is 5.66. The molecule has 0 aromatic heterocycles. The highest BCUT2D eigenvalue weighted by molar-refractivity contribution is 5.99. The van der Waals surface area contributed by atoms with Crippen LogP contribution in [0.15, 0.2) is 48.5 Å². The third-order valence-corrected chi connectivity index (χ3v) is 4.73. The molecular formula is C22H26N2O3. The van der Waals surface area contributed by atoms with Crippen LogP contribution in [0.5, 0.6) is 0 Å². The molecule has 0 saturated carbocycles. The van der Waals surface area contributed by atoms with Crippen LogP contribution in [0.25, 0.3) is 0 Å². The molecule has 0 unspecified atom stereocenters. The lowest BCUT2D eigenvalue weighted by molar-refractivity contribution is -0.120. The van der Waals surface area contributed by atoms with E-state index in [1.165, 1.54) is 5.56 Å². The maximum absolute atomic E-state index is 12.3. The second-order valence-corrected chi connectivity index (χ2v) is 6.84. The number of aryl methyl sites for hydroxylation is 2. The predicted octanol–water partition coefficient (Wildman–Crippen LogP) is 2.76. The zero-order valence-electron chi connectivity index (χ0n) is 15.7. The molecule has 0 spiro atoms. The van der Waals surface area contributed by atoms with Gasteiger partial charge < -0.3 is 15.0 Å². The van der Waals surface area contributed by atoms with Crippen LogP contribution in [0.4, 0.5) is 5.69 Å². The highest BCUT2D eigenvalue weighted by atomic mass is 16.5. The van der Waals surface area contributed by atoms with Crippen molar-refractivity contribution < 1.29 is 14.3 Å². The minimum atomic E-state index is -0.102. The van der Waals surface area contributed by atoms with Gasteiger partial charge in [-0.2, -0.15) is 0 Å². The van der Waals surface area contributed by atoms with E-state index in [4.69, 9.17) is 4.74 Å². The number of hydrogen-bond donors (Lipinski definition) is 1. The number of Topliss-reactive ketones (excluding diaryl/α,β-unsaturated/α-hetero) is 1. The smallest absolute Gasteiger partial charge is 0.220 e. The average molecular weight is 366 g/mol. The first-order valence-corrected chi connectivity index (χ1v) is 9.40. The van der Waals surface area contributed by atoms with Gasteiger partial charge in [-0.25, -0.2) is 0 Å². The number of anilines is 1. The van der Waals surface area contributed by atoms with Gasteiger partial charge in [0.25, 0.3) is 0 Å². The van der Waals surface area contributed by atoms with Crippen molar-refractivity contribution in [3.05, 3.63) is 65.2 Å². The van der Waals surface area contributed by atoms with Crippen molar-refractivity contribution >= 4 is 17.4 Å². The first-order valence-electron chi connectivity index (χ1n) is 9.40. The Morgan fingerprint density at radius 1 is 1.07 bits per heavy atom. The minimum absolute atomic E-state index is 0.0313. The molecule has 1 aliphatic rings. The van der Waals surface area contributed by atoms with Crippen molar-refractivity contribution in [2.45, 2.75) is 19.8 Å². The van der Waals surface area contributed by atoms with E-state index < -0.39 is 0 Å². The maximum Gasteiger partial charge on any atom is 0.220 e.